The lowest BCUT2D eigenvalue weighted by molar-refractivity contribution is -0.129. The third kappa shape index (κ3) is 3.15. The zero-order valence-electron chi connectivity index (χ0n) is 13.7. The van der Waals surface area contributed by atoms with Crippen LogP contribution in [-0.4, -0.2) is 26.1 Å². The quantitative estimate of drug-likeness (QED) is 0.639. The highest BCUT2D eigenvalue weighted by Crippen LogP contribution is 2.28. The number of ether oxygens (including phenoxy) is 3. The molecule has 2 aromatic carbocycles. The van der Waals surface area contributed by atoms with E-state index in [1.54, 1.807) is 38.5 Å². The maximum absolute atomic E-state index is 12.1. The van der Waals surface area contributed by atoms with Gasteiger partial charge in [0.1, 0.15) is 11.5 Å². The summed E-state index contributed by atoms with van der Waals surface area (Å²) >= 11 is 0. The topological polar surface area (TPSA) is 57.1 Å². The van der Waals surface area contributed by atoms with Gasteiger partial charge in [0.2, 0.25) is 5.90 Å². The Labute approximate surface area is 140 Å². The van der Waals surface area contributed by atoms with Crippen molar-refractivity contribution in [3.05, 3.63) is 64.9 Å². The van der Waals surface area contributed by atoms with Crippen molar-refractivity contribution in [2.24, 2.45) is 4.99 Å². The number of benzene rings is 2. The number of methoxy groups -OCH3 is 2. The predicted molar refractivity (Wildman–Crippen MR) is 91.3 cm³/mol. The van der Waals surface area contributed by atoms with Gasteiger partial charge in [-0.2, -0.15) is 0 Å². The largest absolute Gasteiger partial charge is 0.497 e. The molecule has 0 saturated carbocycles. The van der Waals surface area contributed by atoms with E-state index in [1.807, 2.05) is 31.2 Å². The first-order chi connectivity index (χ1) is 11.6. The lowest BCUT2D eigenvalue weighted by Crippen LogP contribution is -2.05. The number of cyclic esters (lactones) is 1. The average molecular weight is 323 g/mol. The first kappa shape index (κ1) is 15.8. The van der Waals surface area contributed by atoms with Crippen LogP contribution in [-0.2, 0) is 9.53 Å². The van der Waals surface area contributed by atoms with Gasteiger partial charge in [0.25, 0.3) is 0 Å². The number of carbonyl (C=O) groups is 1. The number of nitrogens with zero attached hydrogens (tertiary/aromatic N) is 1. The van der Waals surface area contributed by atoms with Gasteiger partial charge in [0, 0.05) is 17.2 Å². The van der Waals surface area contributed by atoms with Crippen LogP contribution in [0.2, 0.25) is 0 Å². The summed E-state index contributed by atoms with van der Waals surface area (Å²) in [6.07, 6.45) is 1.64. The zero-order chi connectivity index (χ0) is 17.1. The molecule has 0 aliphatic carbocycles. The highest BCUT2D eigenvalue weighted by atomic mass is 16.6. The van der Waals surface area contributed by atoms with Crippen molar-refractivity contribution in [1.29, 1.82) is 0 Å². The highest BCUT2D eigenvalue weighted by Gasteiger charge is 2.24. The van der Waals surface area contributed by atoms with Gasteiger partial charge in [-0.3, -0.25) is 0 Å². The lowest BCUT2D eigenvalue weighted by Gasteiger charge is -2.07. The van der Waals surface area contributed by atoms with E-state index < -0.39 is 5.97 Å². The smallest absolute Gasteiger partial charge is 0.363 e. The number of esters is 1. The molecule has 0 saturated heterocycles. The molecule has 2 aromatic rings. The molecular formula is C19H17NO4. The first-order valence-electron chi connectivity index (χ1n) is 7.42. The van der Waals surface area contributed by atoms with Crippen molar-refractivity contribution in [2.45, 2.75) is 6.92 Å². The van der Waals surface area contributed by atoms with Gasteiger partial charge >= 0.3 is 5.97 Å². The number of aliphatic imine (C=N–C) groups is 1. The number of carbonyl (C=O) groups excluding carboxylic acids is 1. The number of aryl methyl sites for hydroxylation is 1. The summed E-state index contributed by atoms with van der Waals surface area (Å²) in [5.41, 5.74) is 2.84. The summed E-state index contributed by atoms with van der Waals surface area (Å²) in [7, 11) is 3.14. The van der Waals surface area contributed by atoms with E-state index in [0.29, 0.717) is 17.4 Å². The minimum absolute atomic E-state index is 0.231. The molecule has 0 amide bonds. The lowest BCUT2D eigenvalue weighted by atomic mass is 10.1. The molecule has 0 spiro atoms. The van der Waals surface area contributed by atoms with E-state index in [0.717, 1.165) is 16.7 Å². The van der Waals surface area contributed by atoms with E-state index in [9.17, 15) is 4.79 Å². The highest BCUT2D eigenvalue weighted by molar-refractivity contribution is 6.12. The van der Waals surface area contributed by atoms with Crippen LogP contribution in [0.1, 0.15) is 16.7 Å². The van der Waals surface area contributed by atoms with Gasteiger partial charge in [-0.25, -0.2) is 9.79 Å². The molecule has 1 aliphatic rings. The molecule has 0 bridgehead atoms. The molecule has 0 aromatic heterocycles. The maximum Gasteiger partial charge on any atom is 0.363 e. The van der Waals surface area contributed by atoms with Crippen molar-refractivity contribution >= 4 is 17.9 Å². The fourth-order valence-corrected chi connectivity index (χ4v) is 2.31. The molecule has 0 N–H and O–H groups in total. The summed E-state index contributed by atoms with van der Waals surface area (Å²) in [4.78, 5) is 16.4. The minimum Gasteiger partial charge on any atom is -0.497 e. The van der Waals surface area contributed by atoms with Crippen LogP contribution in [0.25, 0.3) is 6.08 Å². The van der Waals surface area contributed by atoms with Crippen LogP contribution in [0.15, 0.2) is 53.2 Å². The first-order valence-corrected chi connectivity index (χ1v) is 7.42. The molecule has 1 aliphatic heterocycles. The Hall–Kier alpha value is -3.08. The van der Waals surface area contributed by atoms with Gasteiger partial charge < -0.3 is 14.2 Å². The number of hydrogen-bond donors (Lipinski definition) is 0. The SMILES string of the molecule is COc1ccc(/C=C2\N=C(c3ccc(C)cc3)OC2=O)c(OC)c1. The maximum atomic E-state index is 12.1. The second kappa shape index (κ2) is 6.58. The van der Waals surface area contributed by atoms with E-state index in [1.165, 1.54) is 0 Å². The Kier molecular flexibility index (Phi) is 4.33. The molecule has 5 heteroatoms. The number of hydrogen-bond acceptors (Lipinski definition) is 5. The molecule has 0 fully saturated rings. The average Bonchev–Trinajstić information content (AvgIpc) is 2.96. The van der Waals surface area contributed by atoms with Crippen LogP contribution >= 0.6 is 0 Å². The van der Waals surface area contributed by atoms with Gasteiger partial charge in [-0.1, -0.05) is 17.7 Å². The molecule has 1 heterocycles. The summed E-state index contributed by atoms with van der Waals surface area (Å²) < 4.78 is 15.8. The summed E-state index contributed by atoms with van der Waals surface area (Å²) in [5.74, 6) is 1.09. The molecular weight excluding hydrogens is 306 g/mol. The van der Waals surface area contributed by atoms with Crippen LogP contribution in [0, 0.1) is 6.92 Å². The number of rotatable bonds is 4. The Morgan fingerprint density at radius 2 is 1.79 bits per heavy atom. The van der Waals surface area contributed by atoms with Crippen LogP contribution < -0.4 is 9.47 Å². The Bertz CT molecular complexity index is 835. The molecule has 0 unspecified atom stereocenters. The van der Waals surface area contributed by atoms with Crippen LogP contribution in [0.5, 0.6) is 11.5 Å². The Balaban J connectivity index is 1.95. The fourth-order valence-electron chi connectivity index (χ4n) is 2.31. The standard InChI is InChI=1S/C19H17NO4/c1-12-4-6-13(7-5-12)18-20-16(19(21)24-18)10-14-8-9-15(22-2)11-17(14)23-3/h4-11H,1-3H3/b16-10-. The van der Waals surface area contributed by atoms with E-state index in [4.69, 9.17) is 14.2 Å². The van der Waals surface area contributed by atoms with Gasteiger partial charge in [-0.15, -0.1) is 0 Å². The fraction of sp³-hybridized carbons (Fsp3) is 0.158. The van der Waals surface area contributed by atoms with Crippen molar-refractivity contribution < 1.29 is 19.0 Å². The molecule has 0 radical (unpaired) electrons. The summed E-state index contributed by atoms with van der Waals surface area (Å²) in [6, 6.07) is 13.0. The van der Waals surface area contributed by atoms with E-state index >= 15 is 0 Å². The second-order valence-electron chi connectivity index (χ2n) is 5.31. The normalized spacial score (nSPS) is 15.2. The van der Waals surface area contributed by atoms with E-state index in [2.05, 4.69) is 4.99 Å². The van der Waals surface area contributed by atoms with Crippen LogP contribution in [0.4, 0.5) is 0 Å². The molecule has 24 heavy (non-hydrogen) atoms. The van der Waals surface area contributed by atoms with Crippen molar-refractivity contribution in [1.82, 2.24) is 0 Å². The second-order valence-corrected chi connectivity index (χ2v) is 5.31. The Morgan fingerprint density at radius 1 is 1.04 bits per heavy atom. The third-order valence-electron chi connectivity index (χ3n) is 3.65. The molecule has 122 valence electrons. The molecule has 5 nitrogen and oxygen atoms in total. The zero-order valence-corrected chi connectivity index (χ0v) is 13.7. The van der Waals surface area contributed by atoms with Gasteiger partial charge in [-0.05, 0) is 37.3 Å². The minimum atomic E-state index is -0.483. The predicted octanol–water partition coefficient (Wildman–Crippen LogP) is 3.36. The van der Waals surface area contributed by atoms with Gasteiger partial charge in [0.15, 0.2) is 5.70 Å². The van der Waals surface area contributed by atoms with E-state index in [-0.39, 0.29) is 5.70 Å². The molecule has 3 rings (SSSR count). The third-order valence-corrected chi connectivity index (χ3v) is 3.65. The Morgan fingerprint density at radius 3 is 2.46 bits per heavy atom. The van der Waals surface area contributed by atoms with Crippen LogP contribution in [0.3, 0.4) is 0 Å². The van der Waals surface area contributed by atoms with Crippen molar-refractivity contribution in [2.75, 3.05) is 14.2 Å². The summed E-state index contributed by atoms with van der Waals surface area (Å²) in [5, 5.41) is 0. The van der Waals surface area contributed by atoms with Crippen molar-refractivity contribution in [3.63, 3.8) is 0 Å². The monoisotopic (exact) mass is 323 g/mol. The van der Waals surface area contributed by atoms with Gasteiger partial charge in [0.05, 0.1) is 14.2 Å². The molecule has 0 atom stereocenters. The van der Waals surface area contributed by atoms with Crippen molar-refractivity contribution in [3.8, 4) is 11.5 Å². The summed E-state index contributed by atoms with van der Waals surface area (Å²) in [6.45, 7) is 1.99.